The van der Waals surface area contributed by atoms with E-state index in [1.807, 2.05) is 13.8 Å². The maximum Gasteiger partial charge on any atom is 0.240 e. The molecule has 6 heteroatoms. The first-order valence-electron chi connectivity index (χ1n) is 6.57. The number of aryl methyl sites for hydroxylation is 1. The van der Waals surface area contributed by atoms with Crippen LogP contribution in [0.3, 0.4) is 0 Å². The molecule has 0 bridgehead atoms. The minimum absolute atomic E-state index is 0.153. The Kier molecular flexibility index (Phi) is 6.95. The van der Waals surface area contributed by atoms with Crippen LogP contribution < -0.4 is 4.72 Å². The maximum atomic E-state index is 12.3. The SMILES string of the molecule is COCC(NS(=O)(=O)c1ccc(CCCl)cc1)C(C)C. The van der Waals surface area contributed by atoms with Crippen molar-refractivity contribution >= 4 is 21.6 Å². The van der Waals surface area contributed by atoms with Gasteiger partial charge in [-0.05, 0) is 30.0 Å². The Balaban J connectivity index is 2.86. The topological polar surface area (TPSA) is 55.4 Å². The van der Waals surface area contributed by atoms with Crippen LogP contribution in [0, 0.1) is 5.92 Å². The molecule has 0 aromatic heterocycles. The van der Waals surface area contributed by atoms with Gasteiger partial charge in [-0.2, -0.15) is 0 Å². The first-order chi connectivity index (χ1) is 9.40. The van der Waals surface area contributed by atoms with Crippen molar-refractivity contribution in [1.82, 2.24) is 4.72 Å². The summed E-state index contributed by atoms with van der Waals surface area (Å²) >= 11 is 5.66. The third kappa shape index (κ3) is 5.05. The van der Waals surface area contributed by atoms with Gasteiger partial charge in [0.15, 0.2) is 0 Å². The molecule has 0 aliphatic carbocycles. The number of hydrogen-bond acceptors (Lipinski definition) is 3. The standard InChI is InChI=1S/C14H22ClNO3S/c1-11(2)14(10-19-3)16-20(17,18)13-6-4-12(5-7-13)8-9-15/h4-7,11,14,16H,8-10H2,1-3H3. The Hall–Kier alpha value is -0.620. The smallest absolute Gasteiger partial charge is 0.240 e. The van der Waals surface area contributed by atoms with Gasteiger partial charge in [-0.1, -0.05) is 26.0 Å². The second kappa shape index (κ2) is 7.98. The average Bonchev–Trinajstić information content (AvgIpc) is 2.39. The summed E-state index contributed by atoms with van der Waals surface area (Å²) in [6.45, 7) is 4.26. The Morgan fingerprint density at radius 2 is 1.85 bits per heavy atom. The van der Waals surface area contributed by atoms with Crippen LogP contribution in [-0.4, -0.2) is 34.1 Å². The third-order valence-corrected chi connectivity index (χ3v) is 4.77. The van der Waals surface area contributed by atoms with Gasteiger partial charge in [0.25, 0.3) is 0 Å². The molecule has 0 aliphatic rings. The van der Waals surface area contributed by atoms with Gasteiger partial charge < -0.3 is 4.74 Å². The van der Waals surface area contributed by atoms with Crippen molar-refractivity contribution in [3.8, 4) is 0 Å². The zero-order valence-electron chi connectivity index (χ0n) is 12.1. The monoisotopic (exact) mass is 319 g/mol. The fourth-order valence-corrected chi connectivity index (χ4v) is 3.34. The summed E-state index contributed by atoms with van der Waals surface area (Å²) < 4.78 is 32.3. The molecule has 114 valence electrons. The van der Waals surface area contributed by atoms with Crippen LogP contribution in [-0.2, 0) is 21.2 Å². The summed E-state index contributed by atoms with van der Waals surface area (Å²) in [5.74, 6) is 0.674. The molecule has 0 radical (unpaired) electrons. The number of alkyl halides is 1. The Morgan fingerprint density at radius 3 is 2.30 bits per heavy atom. The van der Waals surface area contributed by atoms with E-state index in [1.165, 1.54) is 0 Å². The molecular weight excluding hydrogens is 298 g/mol. The number of methoxy groups -OCH3 is 1. The van der Waals surface area contributed by atoms with Gasteiger partial charge in [0.2, 0.25) is 10.0 Å². The predicted molar refractivity (Wildman–Crippen MR) is 81.7 cm³/mol. The highest BCUT2D eigenvalue weighted by atomic mass is 35.5. The van der Waals surface area contributed by atoms with Gasteiger partial charge in [-0.25, -0.2) is 13.1 Å². The van der Waals surface area contributed by atoms with Crippen LogP contribution in [0.5, 0.6) is 0 Å². The largest absolute Gasteiger partial charge is 0.383 e. The van der Waals surface area contributed by atoms with Crippen molar-refractivity contribution in [2.75, 3.05) is 19.6 Å². The van der Waals surface area contributed by atoms with Gasteiger partial charge >= 0.3 is 0 Å². The van der Waals surface area contributed by atoms with Crippen molar-refractivity contribution in [3.05, 3.63) is 29.8 Å². The van der Waals surface area contributed by atoms with Crippen LogP contribution in [0.15, 0.2) is 29.2 Å². The van der Waals surface area contributed by atoms with Crippen LogP contribution in [0.1, 0.15) is 19.4 Å². The van der Waals surface area contributed by atoms with E-state index in [0.29, 0.717) is 12.5 Å². The van der Waals surface area contributed by atoms with Gasteiger partial charge in [0.1, 0.15) is 0 Å². The van der Waals surface area contributed by atoms with E-state index in [0.717, 1.165) is 12.0 Å². The molecule has 0 heterocycles. The molecule has 0 saturated carbocycles. The Bertz CT molecular complexity index is 500. The van der Waals surface area contributed by atoms with Crippen molar-refractivity contribution in [2.24, 2.45) is 5.92 Å². The molecule has 0 fully saturated rings. The van der Waals surface area contributed by atoms with Crippen molar-refractivity contribution in [3.63, 3.8) is 0 Å². The second-order valence-electron chi connectivity index (χ2n) is 5.01. The normalized spacial score (nSPS) is 13.7. The van der Waals surface area contributed by atoms with Gasteiger partial charge in [-0.3, -0.25) is 0 Å². The summed E-state index contributed by atoms with van der Waals surface area (Å²) in [5, 5.41) is 0. The molecule has 1 atom stereocenters. The summed E-state index contributed by atoms with van der Waals surface area (Å²) in [7, 11) is -1.96. The first kappa shape index (κ1) is 17.4. The van der Waals surface area contributed by atoms with E-state index < -0.39 is 10.0 Å². The van der Waals surface area contributed by atoms with E-state index in [-0.39, 0.29) is 16.9 Å². The fourth-order valence-electron chi connectivity index (χ4n) is 1.75. The van der Waals surface area contributed by atoms with Crippen molar-refractivity contribution in [2.45, 2.75) is 31.2 Å². The number of benzene rings is 1. The lowest BCUT2D eigenvalue weighted by Crippen LogP contribution is -2.41. The van der Waals surface area contributed by atoms with Crippen LogP contribution in [0.2, 0.25) is 0 Å². The number of ether oxygens (including phenoxy) is 1. The molecule has 1 aromatic carbocycles. The minimum atomic E-state index is -3.52. The van der Waals surface area contributed by atoms with Gasteiger partial charge in [-0.15, -0.1) is 11.6 Å². The van der Waals surface area contributed by atoms with E-state index in [1.54, 1.807) is 31.4 Å². The lowest BCUT2D eigenvalue weighted by Gasteiger charge is -2.21. The van der Waals surface area contributed by atoms with Crippen LogP contribution >= 0.6 is 11.6 Å². The summed E-state index contributed by atoms with van der Waals surface area (Å²) in [6, 6.07) is 6.55. The second-order valence-corrected chi connectivity index (χ2v) is 7.10. The first-order valence-corrected chi connectivity index (χ1v) is 8.58. The summed E-state index contributed by atoms with van der Waals surface area (Å²) in [6.07, 6.45) is 0.730. The van der Waals surface area contributed by atoms with Crippen LogP contribution in [0.4, 0.5) is 0 Å². The average molecular weight is 320 g/mol. The third-order valence-electron chi connectivity index (χ3n) is 3.07. The molecule has 0 aliphatic heterocycles. The molecule has 20 heavy (non-hydrogen) atoms. The molecule has 1 aromatic rings. The lowest BCUT2D eigenvalue weighted by molar-refractivity contribution is 0.157. The molecule has 0 saturated heterocycles. The highest BCUT2D eigenvalue weighted by Crippen LogP contribution is 2.14. The minimum Gasteiger partial charge on any atom is -0.383 e. The highest BCUT2D eigenvalue weighted by Gasteiger charge is 2.22. The lowest BCUT2D eigenvalue weighted by atomic mass is 10.1. The summed E-state index contributed by atoms with van der Waals surface area (Å²) in [5.41, 5.74) is 1.02. The zero-order valence-corrected chi connectivity index (χ0v) is 13.7. The molecule has 0 spiro atoms. The number of rotatable bonds is 8. The van der Waals surface area contributed by atoms with E-state index in [2.05, 4.69) is 4.72 Å². The molecule has 1 unspecified atom stereocenters. The number of sulfonamides is 1. The molecule has 1 rings (SSSR count). The van der Waals surface area contributed by atoms with Crippen LogP contribution in [0.25, 0.3) is 0 Å². The molecule has 1 N–H and O–H groups in total. The van der Waals surface area contributed by atoms with Crippen molar-refractivity contribution < 1.29 is 13.2 Å². The molecular formula is C14H22ClNO3S. The predicted octanol–water partition coefficient (Wildman–Crippen LogP) is 2.42. The highest BCUT2D eigenvalue weighted by molar-refractivity contribution is 7.89. The zero-order chi connectivity index (χ0) is 15.2. The number of nitrogens with one attached hydrogen (secondary N) is 1. The Morgan fingerprint density at radius 1 is 1.25 bits per heavy atom. The van der Waals surface area contributed by atoms with Gasteiger partial charge in [0.05, 0.1) is 11.5 Å². The van der Waals surface area contributed by atoms with E-state index in [4.69, 9.17) is 16.3 Å². The number of halogens is 1. The Labute approximate surface area is 126 Å². The summed E-state index contributed by atoms with van der Waals surface area (Å²) in [4.78, 5) is 0.262. The maximum absolute atomic E-state index is 12.3. The molecule has 0 amide bonds. The van der Waals surface area contributed by atoms with E-state index >= 15 is 0 Å². The quantitative estimate of drug-likeness (QED) is 0.749. The van der Waals surface area contributed by atoms with E-state index in [9.17, 15) is 8.42 Å². The van der Waals surface area contributed by atoms with Gasteiger partial charge in [0, 0.05) is 19.0 Å². The fraction of sp³-hybridized carbons (Fsp3) is 0.571. The van der Waals surface area contributed by atoms with Crippen molar-refractivity contribution in [1.29, 1.82) is 0 Å². The number of hydrogen-bond donors (Lipinski definition) is 1. The molecule has 4 nitrogen and oxygen atoms in total.